The van der Waals surface area contributed by atoms with Crippen LogP contribution in [0.4, 0.5) is 5.69 Å². The van der Waals surface area contributed by atoms with Crippen molar-refractivity contribution in [2.24, 2.45) is 0 Å². The highest BCUT2D eigenvalue weighted by molar-refractivity contribution is 7.90. The molecule has 1 amide bonds. The molecule has 0 fully saturated rings. The van der Waals surface area contributed by atoms with Gasteiger partial charge in [-0.25, -0.2) is 18.0 Å². The van der Waals surface area contributed by atoms with Gasteiger partial charge in [0.2, 0.25) is 0 Å². The number of carbonyl (C=O) groups is 1. The number of carbonyl (C=O) groups excluding carboxylic acids is 1. The number of phosphoric ester groups is 1. The van der Waals surface area contributed by atoms with E-state index in [1.54, 1.807) is 0 Å². The molecular weight excluding hydrogens is 495 g/mol. The number of terminal acetylenes is 1. The molecule has 1 aromatic heterocycles. The summed E-state index contributed by atoms with van der Waals surface area (Å²) in [6, 6.07) is 0.783. The number of quaternary nitrogens is 1. The molecular formula is C18H30N4O10PS+. The van der Waals surface area contributed by atoms with Gasteiger partial charge in [-0.15, -0.1) is 6.42 Å². The standard InChI is InChI=1S/C17H25N4O9PS.CH4O/c1-6-7-19(8-10-29-31(25,26)30-11-9-21(2,3)4)17(22)14-12-16(32(5,27)28)18-13-15(14)20(23)24;1-2/h1,12-13H,7-11H2,2-5H3;2H,1H3/p+1. The third kappa shape index (κ3) is 11.1. The number of amides is 1. The Balaban J connectivity index is 0.00000529. The van der Waals surface area contributed by atoms with E-state index in [9.17, 15) is 32.8 Å². The van der Waals surface area contributed by atoms with Crippen LogP contribution in [0, 0.1) is 22.5 Å². The van der Waals surface area contributed by atoms with Crippen molar-refractivity contribution in [3.05, 3.63) is 27.9 Å². The molecule has 16 heteroatoms. The van der Waals surface area contributed by atoms with Crippen LogP contribution in [0.15, 0.2) is 17.3 Å². The van der Waals surface area contributed by atoms with Crippen molar-refractivity contribution in [1.82, 2.24) is 9.88 Å². The van der Waals surface area contributed by atoms with Gasteiger partial charge in [-0.1, -0.05) is 5.92 Å². The van der Waals surface area contributed by atoms with Crippen LogP contribution in [0.25, 0.3) is 0 Å². The van der Waals surface area contributed by atoms with E-state index in [1.165, 1.54) is 0 Å². The van der Waals surface area contributed by atoms with Crippen molar-refractivity contribution in [1.29, 1.82) is 0 Å². The van der Waals surface area contributed by atoms with E-state index in [0.717, 1.165) is 24.3 Å². The molecule has 1 aromatic rings. The smallest absolute Gasteiger partial charge is 0.400 e. The first-order chi connectivity index (χ1) is 15.6. The minimum atomic E-state index is -4.41. The van der Waals surface area contributed by atoms with Crippen LogP contribution in [0.3, 0.4) is 0 Å². The fourth-order valence-corrected chi connectivity index (χ4v) is 3.49. The van der Waals surface area contributed by atoms with Crippen LogP contribution in [0.2, 0.25) is 0 Å². The van der Waals surface area contributed by atoms with Crippen molar-refractivity contribution in [3.8, 4) is 12.3 Å². The van der Waals surface area contributed by atoms with Crippen molar-refractivity contribution in [2.45, 2.75) is 5.03 Å². The van der Waals surface area contributed by atoms with Gasteiger partial charge in [0.05, 0.1) is 39.2 Å². The van der Waals surface area contributed by atoms with Gasteiger partial charge in [0.25, 0.3) is 11.6 Å². The van der Waals surface area contributed by atoms with E-state index in [2.05, 4.69) is 10.9 Å². The van der Waals surface area contributed by atoms with Crippen LogP contribution in [0.1, 0.15) is 10.4 Å². The van der Waals surface area contributed by atoms with Gasteiger partial charge < -0.3 is 19.4 Å². The van der Waals surface area contributed by atoms with E-state index in [4.69, 9.17) is 20.6 Å². The minimum Gasteiger partial charge on any atom is -0.400 e. The van der Waals surface area contributed by atoms with Crippen molar-refractivity contribution in [3.63, 3.8) is 0 Å². The zero-order valence-electron chi connectivity index (χ0n) is 19.6. The molecule has 0 spiro atoms. The molecule has 0 radical (unpaired) electrons. The predicted octanol–water partition coefficient (Wildman–Crippen LogP) is -0.0830. The van der Waals surface area contributed by atoms with Crippen LogP contribution < -0.4 is 0 Å². The Hall–Kier alpha value is -2.44. The number of nitrogens with zero attached hydrogens (tertiary/aromatic N) is 4. The fraction of sp³-hybridized carbons (Fsp3) is 0.556. The topological polar surface area (TPSA) is 186 Å². The Morgan fingerprint density at radius 2 is 1.88 bits per heavy atom. The highest BCUT2D eigenvalue weighted by Crippen LogP contribution is 2.42. The maximum absolute atomic E-state index is 12.9. The monoisotopic (exact) mass is 525 g/mol. The van der Waals surface area contributed by atoms with E-state index in [-0.39, 0.29) is 19.7 Å². The molecule has 0 aliphatic heterocycles. The van der Waals surface area contributed by atoms with Gasteiger partial charge in [-0.2, -0.15) is 0 Å². The summed E-state index contributed by atoms with van der Waals surface area (Å²) >= 11 is 0. The summed E-state index contributed by atoms with van der Waals surface area (Å²) in [5.74, 6) is 1.22. The summed E-state index contributed by atoms with van der Waals surface area (Å²) in [7, 11) is -1.67. The lowest BCUT2D eigenvalue weighted by atomic mass is 10.2. The first-order valence-electron chi connectivity index (χ1n) is 9.51. The molecule has 0 aromatic carbocycles. The number of rotatable bonds is 12. The third-order valence-corrected chi connectivity index (χ3v) is 5.87. The van der Waals surface area contributed by atoms with E-state index >= 15 is 0 Å². The number of aliphatic hydroxyl groups is 1. The third-order valence-electron chi connectivity index (χ3n) is 3.87. The van der Waals surface area contributed by atoms with E-state index in [0.29, 0.717) is 17.2 Å². The lowest BCUT2D eigenvalue weighted by molar-refractivity contribution is -0.870. The molecule has 1 rings (SSSR count). The Morgan fingerprint density at radius 3 is 2.35 bits per heavy atom. The number of aliphatic hydroxyl groups excluding tert-OH is 1. The van der Waals surface area contributed by atoms with Crippen LogP contribution in [-0.4, -0.2) is 111 Å². The number of nitro groups is 1. The number of sulfone groups is 1. The summed E-state index contributed by atoms with van der Waals surface area (Å²) < 4.78 is 45.6. The molecule has 1 unspecified atom stereocenters. The Morgan fingerprint density at radius 1 is 1.32 bits per heavy atom. The molecule has 1 atom stereocenters. The Kier molecular flexibility index (Phi) is 12.5. The zero-order valence-corrected chi connectivity index (χ0v) is 21.3. The molecule has 1 heterocycles. The number of likely N-dealkylation sites (N-methyl/N-ethyl adjacent to an activating group) is 1. The summed E-state index contributed by atoms with van der Waals surface area (Å²) in [5.41, 5.74) is -1.27. The van der Waals surface area contributed by atoms with Gasteiger partial charge in [-0.3, -0.25) is 24.0 Å². The van der Waals surface area contributed by atoms with Crippen LogP contribution in [0.5, 0.6) is 0 Å². The Labute approximate surface area is 198 Å². The number of hydrogen-bond acceptors (Lipinski definition) is 10. The summed E-state index contributed by atoms with van der Waals surface area (Å²) in [6.45, 7) is -0.733. The van der Waals surface area contributed by atoms with Gasteiger partial charge in [-0.05, 0) is 6.07 Å². The number of pyridine rings is 1. The quantitative estimate of drug-likeness (QED) is 0.122. The van der Waals surface area contributed by atoms with Gasteiger partial charge >= 0.3 is 7.82 Å². The summed E-state index contributed by atoms with van der Waals surface area (Å²) in [4.78, 5) is 37.4. The van der Waals surface area contributed by atoms with Crippen molar-refractivity contribution >= 4 is 29.3 Å². The average Bonchev–Trinajstić information content (AvgIpc) is 2.71. The largest absolute Gasteiger partial charge is 0.472 e. The maximum atomic E-state index is 12.9. The molecule has 34 heavy (non-hydrogen) atoms. The van der Waals surface area contributed by atoms with Crippen LogP contribution in [-0.2, 0) is 23.4 Å². The molecule has 2 N–H and O–H groups in total. The molecule has 0 saturated heterocycles. The molecule has 0 aliphatic rings. The number of hydrogen-bond donors (Lipinski definition) is 2. The van der Waals surface area contributed by atoms with Crippen molar-refractivity contribution < 1.29 is 46.2 Å². The second-order valence-corrected chi connectivity index (χ2v) is 11.1. The number of phosphoric acid groups is 1. The molecule has 14 nitrogen and oxygen atoms in total. The lowest BCUT2D eigenvalue weighted by Crippen LogP contribution is -2.37. The van der Waals surface area contributed by atoms with Gasteiger partial charge in [0, 0.05) is 19.9 Å². The van der Waals surface area contributed by atoms with E-state index < -0.39 is 51.4 Å². The van der Waals surface area contributed by atoms with Crippen LogP contribution >= 0.6 is 7.82 Å². The molecule has 0 aliphatic carbocycles. The first-order valence-corrected chi connectivity index (χ1v) is 12.9. The van der Waals surface area contributed by atoms with E-state index in [1.807, 2.05) is 21.1 Å². The SMILES string of the molecule is C#CCN(CCOP(=O)(O)OCC[N+](C)(C)C)C(=O)c1cc(S(C)(=O)=O)ncc1[N+](=O)[O-].CO. The lowest BCUT2D eigenvalue weighted by Gasteiger charge is -2.24. The van der Waals surface area contributed by atoms with Crippen molar-refractivity contribution in [2.75, 3.05) is 67.4 Å². The summed E-state index contributed by atoms with van der Waals surface area (Å²) in [6.07, 6.45) is 6.75. The average molecular weight is 525 g/mol. The highest BCUT2D eigenvalue weighted by atomic mass is 32.2. The molecule has 192 valence electrons. The van der Waals surface area contributed by atoms with Gasteiger partial charge in [0.15, 0.2) is 14.9 Å². The predicted molar refractivity (Wildman–Crippen MR) is 122 cm³/mol. The zero-order chi connectivity index (χ0) is 26.7. The minimum absolute atomic E-state index is 0.0538. The highest BCUT2D eigenvalue weighted by Gasteiger charge is 2.29. The molecule has 0 bridgehead atoms. The maximum Gasteiger partial charge on any atom is 0.472 e. The second kappa shape index (κ2) is 13.4. The summed E-state index contributed by atoms with van der Waals surface area (Å²) in [5, 5.41) is 17.7. The van der Waals surface area contributed by atoms with Gasteiger partial charge in [0.1, 0.15) is 24.9 Å². The second-order valence-electron chi connectivity index (χ2n) is 7.65. The molecule has 0 saturated carbocycles. The normalized spacial score (nSPS) is 13.1. The fourth-order valence-electron chi connectivity index (χ4n) is 2.22. The number of aromatic nitrogens is 1. The first kappa shape index (κ1) is 31.6. The Bertz CT molecular complexity index is 1050.